The molecule has 2 heterocycles. The van der Waals surface area contributed by atoms with Crippen molar-refractivity contribution < 1.29 is 14.3 Å². The maximum atomic E-state index is 13.5. The first-order valence-electron chi connectivity index (χ1n) is 10.1. The number of methoxy groups -OCH3 is 2. The highest BCUT2D eigenvalue weighted by atomic mass is 32.1. The summed E-state index contributed by atoms with van der Waals surface area (Å²) in [4.78, 5) is 33.3. The monoisotopic (exact) mass is 444 g/mol. The Bertz CT molecular complexity index is 1160. The molecule has 0 fully saturated rings. The molecular formula is C22H28N4O4S. The summed E-state index contributed by atoms with van der Waals surface area (Å²) in [5.74, 6) is 1.10. The average molecular weight is 445 g/mol. The fourth-order valence-electron chi connectivity index (χ4n) is 3.64. The van der Waals surface area contributed by atoms with Gasteiger partial charge in [-0.05, 0) is 43.8 Å². The highest BCUT2D eigenvalue weighted by Crippen LogP contribution is 2.33. The van der Waals surface area contributed by atoms with Crippen molar-refractivity contribution in [3.63, 3.8) is 0 Å². The summed E-state index contributed by atoms with van der Waals surface area (Å²) in [5.41, 5.74) is 6.65. The van der Waals surface area contributed by atoms with Gasteiger partial charge in [0.1, 0.15) is 10.7 Å². The van der Waals surface area contributed by atoms with Crippen molar-refractivity contribution in [2.75, 3.05) is 33.9 Å². The van der Waals surface area contributed by atoms with Crippen LogP contribution in [0.3, 0.4) is 0 Å². The molecule has 0 unspecified atom stereocenters. The van der Waals surface area contributed by atoms with E-state index in [4.69, 9.17) is 20.2 Å². The molecule has 0 bridgehead atoms. The van der Waals surface area contributed by atoms with E-state index in [1.54, 1.807) is 37.8 Å². The molecule has 0 aliphatic heterocycles. The summed E-state index contributed by atoms with van der Waals surface area (Å²) in [6.07, 6.45) is 0. The molecule has 0 aliphatic carbocycles. The number of hydrogen-bond donors (Lipinski definition) is 1. The van der Waals surface area contributed by atoms with Crippen LogP contribution in [0.25, 0.3) is 21.6 Å². The molecule has 1 aromatic carbocycles. The number of nitrogens with two attached hydrogens (primary N) is 1. The zero-order valence-corrected chi connectivity index (χ0v) is 19.3. The number of nitrogens with zero attached hydrogens (tertiary/aromatic N) is 3. The van der Waals surface area contributed by atoms with Crippen molar-refractivity contribution in [2.24, 2.45) is 5.73 Å². The number of benzene rings is 1. The van der Waals surface area contributed by atoms with Crippen molar-refractivity contribution in [1.82, 2.24) is 14.5 Å². The lowest BCUT2D eigenvalue weighted by atomic mass is 10.1. The van der Waals surface area contributed by atoms with Crippen LogP contribution in [0.15, 0.2) is 23.0 Å². The molecule has 3 rings (SSSR count). The van der Waals surface area contributed by atoms with E-state index in [9.17, 15) is 9.59 Å². The van der Waals surface area contributed by atoms with Crippen LogP contribution in [-0.4, -0.2) is 54.2 Å². The van der Waals surface area contributed by atoms with Crippen LogP contribution in [0.2, 0.25) is 0 Å². The SMILES string of the molecule is CCN(CC)CCn1c(-c2ccc(OC)c(OC)c2)nc2sc(C(N)=O)c(C)c2c1=O. The predicted octanol–water partition coefficient (Wildman–Crippen LogP) is 2.89. The molecule has 9 heteroatoms. The first kappa shape index (κ1) is 22.8. The smallest absolute Gasteiger partial charge is 0.262 e. The number of thiophene rings is 1. The number of hydrogen-bond acceptors (Lipinski definition) is 7. The van der Waals surface area contributed by atoms with E-state index in [2.05, 4.69) is 18.7 Å². The van der Waals surface area contributed by atoms with E-state index in [0.29, 0.717) is 51.1 Å². The number of likely N-dealkylation sites (N-methyl/N-ethyl adjacent to an activating group) is 1. The molecule has 2 N–H and O–H groups in total. The van der Waals surface area contributed by atoms with Gasteiger partial charge in [0, 0.05) is 18.7 Å². The van der Waals surface area contributed by atoms with Crippen LogP contribution >= 0.6 is 11.3 Å². The highest BCUT2D eigenvalue weighted by Gasteiger charge is 2.22. The van der Waals surface area contributed by atoms with Gasteiger partial charge in [0.25, 0.3) is 11.5 Å². The molecule has 1 amide bonds. The Labute approximate surface area is 185 Å². The van der Waals surface area contributed by atoms with E-state index in [1.807, 2.05) is 6.07 Å². The fourth-order valence-corrected chi connectivity index (χ4v) is 4.66. The lowest BCUT2D eigenvalue weighted by molar-refractivity contribution is 0.100. The number of aryl methyl sites for hydroxylation is 1. The number of primary amides is 1. The maximum Gasteiger partial charge on any atom is 0.262 e. The van der Waals surface area contributed by atoms with Crippen molar-refractivity contribution in [3.05, 3.63) is 39.0 Å². The molecule has 2 aromatic heterocycles. The number of aromatic nitrogens is 2. The van der Waals surface area contributed by atoms with Gasteiger partial charge < -0.3 is 20.1 Å². The van der Waals surface area contributed by atoms with Crippen LogP contribution in [0, 0.1) is 6.92 Å². The Hall–Kier alpha value is -2.91. The molecule has 0 saturated heterocycles. The van der Waals surface area contributed by atoms with Gasteiger partial charge in [-0.25, -0.2) is 4.98 Å². The quantitative estimate of drug-likeness (QED) is 0.545. The second-order valence-corrected chi connectivity index (χ2v) is 8.09. The molecule has 31 heavy (non-hydrogen) atoms. The van der Waals surface area contributed by atoms with E-state index < -0.39 is 5.91 Å². The lowest BCUT2D eigenvalue weighted by Gasteiger charge is -2.20. The molecule has 0 atom stereocenters. The molecule has 166 valence electrons. The Kier molecular flexibility index (Phi) is 6.97. The Morgan fingerprint density at radius 1 is 1.19 bits per heavy atom. The highest BCUT2D eigenvalue weighted by molar-refractivity contribution is 7.20. The van der Waals surface area contributed by atoms with Crippen LogP contribution in [-0.2, 0) is 6.54 Å². The lowest BCUT2D eigenvalue weighted by Crippen LogP contribution is -2.32. The second-order valence-electron chi connectivity index (χ2n) is 7.09. The fraction of sp³-hybridized carbons (Fsp3) is 0.409. The number of amides is 1. The van der Waals surface area contributed by atoms with Crippen LogP contribution in [0.4, 0.5) is 0 Å². The third-order valence-corrected chi connectivity index (χ3v) is 6.65. The summed E-state index contributed by atoms with van der Waals surface area (Å²) in [6, 6.07) is 5.43. The Morgan fingerprint density at radius 3 is 2.45 bits per heavy atom. The minimum absolute atomic E-state index is 0.178. The Morgan fingerprint density at radius 2 is 1.87 bits per heavy atom. The predicted molar refractivity (Wildman–Crippen MR) is 123 cm³/mol. The largest absolute Gasteiger partial charge is 0.493 e. The minimum Gasteiger partial charge on any atom is -0.493 e. The normalized spacial score (nSPS) is 11.3. The number of carbonyl (C=O) groups excluding carboxylic acids is 1. The molecule has 0 radical (unpaired) electrons. The molecule has 3 aromatic rings. The number of rotatable bonds is 9. The van der Waals surface area contributed by atoms with Gasteiger partial charge in [0.15, 0.2) is 11.5 Å². The molecular weight excluding hydrogens is 416 g/mol. The summed E-state index contributed by atoms with van der Waals surface area (Å²) < 4.78 is 12.4. The van der Waals surface area contributed by atoms with Gasteiger partial charge >= 0.3 is 0 Å². The van der Waals surface area contributed by atoms with E-state index in [0.717, 1.165) is 30.0 Å². The van der Waals surface area contributed by atoms with Gasteiger partial charge in [-0.15, -0.1) is 11.3 Å². The third-order valence-electron chi connectivity index (χ3n) is 5.45. The third kappa shape index (κ3) is 4.28. The van der Waals surface area contributed by atoms with Crippen molar-refractivity contribution in [3.8, 4) is 22.9 Å². The van der Waals surface area contributed by atoms with E-state index in [1.165, 1.54) is 0 Å². The van der Waals surface area contributed by atoms with Gasteiger partial charge in [-0.3, -0.25) is 14.2 Å². The topological polar surface area (TPSA) is 99.7 Å². The van der Waals surface area contributed by atoms with Crippen molar-refractivity contribution in [1.29, 1.82) is 0 Å². The summed E-state index contributed by atoms with van der Waals surface area (Å²) in [7, 11) is 3.13. The first-order chi connectivity index (χ1) is 14.9. The van der Waals surface area contributed by atoms with Gasteiger partial charge in [-0.1, -0.05) is 13.8 Å². The van der Waals surface area contributed by atoms with Crippen molar-refractivity contribution in [2.45, 2.75) is 27.3 Å². The van der Waals surface area contributed by atoms with Crippen LogP contribution in [0.5, 0.6) is 11.5 Å². The van der Waals surface area contributed by atoms with Crippen LogP contribution in [0.1, 0.15) is 29.1 Å². The number of carbonyl (C=O) groups is 1. The summed E-state index contributed by atoms with van der Waals surface area (Å²) >= 11 is 1.15. The maximum absolute atomic E-state index is 13.5. The molecule has 0 aliphatic rings. The zero-order chi connectivity index (χ0) is 22.7. The summed E-state index contributed by atoms with van der Waals surface area (Å²) in [6.45, 7) is 8.86. The van der Waals surface area contributed by atoms with Gasteiger partial charge in [-0.2, -0.15) is 0 Å². The van der Waals surface area contributed by atoms with Gasteiger partial charge in [0.05, 0.1) is 24.5 Å². The zero-order valence-electron chi connectivity index (χ0n) is 18.5. The molecule has 0 saturated carbocycles. The molecule has 8 nitrogen and oxygen atoms in total. The minimum atomic E-state index is -0.553. The average Bonchev–Trinajstić information content (AvgIpc) is 3.11. The van der Waals surface area contributed by atoms with Crippen LogP contribution < -0.4 is 20.8 Å². The molecule has 0 spiro atoms. The summed E-state index contributed by atoms with van der Waals surface area (Å²) in [5, 5.41) is 0.447. The Balaban J connectivity index is 2.26. The first-order valence-corrected chi connectivity index (χ1v) is 11.0. The van der Waals surface area contributed by atoms with Crippen molar-refractivity contribution >= 4 is 27.5 Å². The second kappa shape index (κ2) is 9.49. The van der Waals surface area contributed by atoms with Gasteiger partial charge in [0.2, 0.25) is 0 Å². The number of fused-ring (bicyclic) bond motifs is 1. The van der Waals surface area contributed by atoms with E-state index >= 15 is 0 Å². The standard InChI is InChI=1S/C22H28N4O4S/c1-6-25(7-2)10-11-26-20(14-8-9-15(29-4)16(12-14)30-5)24-21-17(22(26)28)13(3)18(31-21)19(23)27/h8-9,12H,6-7,10-11H2,1-5H3,(H2,23,27). The van der Waals surface area contributed by atoms with E-state index in [-0.39, 0.29) is 5.56 Å². The number of ether oxygens (including phenoxy) is 2.